The molecule has 1 aromatic rings. The van der Waals surface area contributed by atoms with Crippen molar-refractivity contribution >= 4 is 17.5 Å². The summed E-state index contributed by atoms with van der Waals surface area (Å²) in [5, 5.41) is 4.33. The predicted octanol–water partition coefficient (Wildman–Crippen LogP) is 2.62. The second-order valence-electron chi connectivity index (χ2n) is 6.07. The minimum absolute atomic E-state index is 0.207. The summed E-state index contributed by atoms with van der Waals surface area (Å²) in [6.45, 7) is 0. The highest BCUT2D eigenvalue weighted by molar-refractivity contribution is 6.30. The molecule has 0 radical (unpaired) electrons. The highest BCUT2D eigenvalue weighted by Crippen LogP contribution is 2.29. The van der Waals surface area contributed by atoms with Gasteiger partial charge in [0.25, 0.3) is 0 Å². The number of piperidine rings is 1. The van der Waals surface area contributed by atoms with E-state index in [1.165, 1.54) is 12.8 Å². The van der Waals surface area contributed by atoms with Gasteiger partial charge in [0, 0.05) is 30.2 Å². The molecule has 2 unspecified atom stereocenters. The average Bonchev–Trinajstić information content (AvgIpc) is 2.79. The first-order chi connectivity index (χ1) is 9.61. The van der Waals surface area contributed by atoms with Crippen molar-refractivity contribution < 1.29 is 4.79 Å². The van der Waals surface area contributed by atoms with Crippen molar-refractivity contribution in [2.75, 3.05) is 7.05 Å². The molecule has 2 atom stereocenters. The second-order valence-corrected chi connectivity index (χ2v) is 6.51. The van der Waals surface area contributed by atoms with Gasteiger partial charge in [0.2, 0.25) is 5.91 Å². The smallest absolute Gasteiger partial charge is 0.226 e. The largest absolute Gasteiger partial charge is 0.342 e. The Morgan fingerprint density at radius 1 is 1.25 bits per heavy atom. The lowest BCUT2D eigenvalue weighted by Gasteiger charge is -2.35. The molecule has 0 aliphatic carbocycles. The summed E-state index contributed by atoms with van der Waals surface area (Å²) in [5.41, 5.74) is 1.03. The van der Waals surface area contributed by atoms with Crippen molar-refractivity contribution in [3.8, 4) is 0 Å². The quantitative estimate of drug-likeness (QED) is 0.929. The van der Waals surface area contributed by atoms with Gasteiger partial charge < -0.3 is 10.2 Å². The summed E-state index contributed by atoms with van der Waals surface area (Å²) in [5.74, 6) is 0.207. The molecule has 2 saturated heterocycles. The Kier molecular flexibility index (Phi) is 3.99. The molecule has 0 aromatic heterocycles. The number of likely N-dealkylation sites (N-methyl/N-ethyl adjacent to an activating group) is 1. The molecule has 20 heavy (non-hydrogen) atoms. The van der Waals surface area contributed by atoms with Gasteiger partial charge in [-0.1, -0.05) is 23.7 Å². The van der Waals surface area contributed by atoms with Crippen LogP contribution in [0.3, 0.4) is 0 Å². The molecular weight excluding hydrogens is 272 g/mol. The third kappa shape index (κ3) is 2.99. The van der Waals surface area contributed by atoms with Gasteiger partial charge in [0.05, 0.1) is 6.42 Å². The maximum atomic E-state index is 12.4. The summed E-state index contributed by atoms with van der Waals surface area (Å²) in [6, 6.07) is 9.17. The van der Waals surface area contributed by atoms with Gasteiger partial charge in [0.1, 0.15) is 0 Å². The fraction of sp³-hybridized carbons (Fsp3) is 0.562. The highest BCUT2D eigenvalue weighted by Gasteiger charge is 2.36. The molecular formula is C16H21ClN2O. The van der Waals surface area contributed by atoms with Crippen LogP contribution in [0.1, 0.15) is 31.2 Å². The van der Waals surface area contributed by atoms with Gasteiger partial charge in [-0.2, -0.15) is 0 Å². The standard InChI is InChI=1S/C16H21ClN2O/c1-19(15-9-13-6-7-14(10-15)18-13)16(20)8-11-2-4-12(17)5-3-11/h2-5,13-15,18H,6-10H2,1H3. The van der Waals surface area contributed by atoms with Gasteiger partial charge in [0.15, 0.2) is 0 Å². The molecule has 2 bridgehead atoms. The van der Waals surface area contributed by atoms with Crippen molar-refractivity contribution in [2.45, 2.75) is 50.2 Å². The Hall–Kier alpha value is -1.06. The zero-order valence-electron chi connectivity index (χ0n) is 11.8. The molecule has 3 rings (SSSR count). The molecule has 2 aliphatic heterocycles. The van der Waals surface area contributed by atoms with Crippen LogP contribution in [0.4, 0.5) is 0 Å². The van der Waals surface area contributed by atoms with E-state index < -0.39 is 0 Å². The van der Waals surface area contributed by atoms with Gasteiger partial charge >= 0.3 is 0 Å². The molecule has 4 heteroatoms. The number of hydrogen-bond acceptors (Lipinski definition) is 2. The number of halogens is 1. The van der Waals surface area contributed by atoms with E-state index in [-0.39, 0.29) is 5.91 Å². The van der Waals surface area contributed by atoms with E-state index in [2.05, 4.69) is 5.32 Å². The summed E-state index contributed by atoms with van der Waals surface area (Å²) in [7, 11) is 1.95. The summed E-state index contributed by atoms with van der Waals surface area (Å²) >= 11 is 5.87. The van der Waals surface area contributed by atoms with Crippen molar-refractivity contribution in [3.05, 3.63) is 34.9 Å². The molecule has 1 N–H and O–H groups in total. The molecule has 1 aromatic carbocycles. The van der Waals surface area contributed by atoms with Crippen LogP contribution in [-0.2, 0) is 11.2 Å². The van der Waals surface area contributed by atoms with E-state index in [1.54, 1.807) is 0 Å². The first-order valence-electron chi connectivity index (χ1n) is 7.38. The summed E-state index contributed by atoms with van der Waals surface area (Å²) < 4.78 is 0. The Labute approximate surface area is 125 Å². The average molecular weight is 293 g/mol. The monoisotopic (exact) mass is 292 g/mol. The highest BCUT2D eigenvalue weighted by atomic mass is 35.5. The zero-order valence-corrected chi connectivity index (χ0v) is 12.6. The maximum Gasteiger partial charge on any atom is 0.226 e. The van der Waals surface area contributed by atoms with Gasteiger partial charge in [-0.05, 0) is 43.4 Å². The Bertz CT molecular complexity index is 476. The van der Waals surface area contributed by atoms with Crippen LogP contribution in [0, 0.1) is 0 Å². The summed E-state index contributed by atoms with van der Waals surface area (Å²) in [6.07, 6.45) is 5.19. The van der Waals surface area contributed by atoms with E-state index in [0.717, 1.165) is 18.4 Å². The molecule has 108 valence electrons. The molecule has 2 heterocycles. The second kappa shape index (κ2) is 5.74. The number of nitrogens with one attached hydrogen (secondary N) is 1. The van der Waals surface area contributed by atoms with Crippen molar-refractivity contribution in [1.82, 2.24) is 10.2 Å². The fourth-order valence-electron chi connectivity index (χ4n) is 3.45. The summed E-state index contributed by atoms with van der Waals surface area (Å²) in [4.78, 5) is 14.4. The molecule has 3 nitrogen and oxygen atoms in total. The van der Waals surface area contributed by atoms with E-state index in [4.69, 9.17) is 11.6 Å². The van der Waals surface area contributed by atoms with Crippen LogP contribution in [0.2, 0.25) is 5.02 Å². The topological polar surface area (TPSA) is 32.3 Å². The lowest BCUT2D eigenvalue weighted by atomic mass is 9.98. The fourth-order valence-corrected chi connectivity index (χ4v) is 3.57. The number of fused-ring (bicyclic) bond motifs is 2. The first kappa shape index (κ1) is 13.9. The van der Waals surface area contributed by atoms with Crippen molar-refractivity contribution in [1.29, 1.82) is 0 Å². The van der Waals surface area contributed by atoms with Gasteiger partial charge in [-0.3, -0.25) is 4.79 Å². The number of carbonyl (C=O) groups is 1. The maximum absolute atomic E-state index is 12.4. The number of rotatable bonds is 3. The Morgan fingerprint density at radius 3 is 2.45 bits per heavy atom. The number of nitrogens with zero attached hydrogens (tertiary/aromatic N) is 1. The number of amides is 1. The van der Waals surface area contributed by atoms with E-state index >= 15 is 0 Å². The number of hydrogen-bond donors (Lipinski definition) is 1. The van der Waals surface area contributed by atoms with Crippen LogP contribution >= 0.6 is 11.6 Å². The molecule has 1 amide bonds. The van der Waals surface area contributed by atoms with Crippen LogP contribution in [-0.4, -0.2) is 36.0 Å². The lowest BCUT2D eigenvalue weighted by molar-refractivity contribution is -0.131. The number of carbonyl (C=O) groups excluding carboxylic acids is 1. The minimum Gasteiger partial charge on any atom is -0.342 e. The lowest BCUT2D eigenvalue weighted by Crippen LogP contribution is -2.49. The molecule has 0 saturated carbocycles. The normalized spacial score (nSPS) is 28.4. The minimum atomic E-state index is 0.207. The van der Waals surface area contributed by atoms with Crippen LogP contribution in [0.15, 0.2) is 24.3 Å². The third-order valence-electron chi connectivity index (χ3n) is 4.66. The van der Waals surface area contributed by atoms with E-state index in [9.17, 15) is 4.79 Å². The van der Waals surface area contributed by atoms with E-state index in [0.29, 0.717) is 29.6 Å². The third-order valence-corrected chi connectivity index (χ3v) is 4.91. The molecule has 0 spiro atoms. The molecule has 2 fully saturated rings. The zero-order chi connectivity index (χ0) is 14.1. The van der Waals surface area contributed by atoms with Gasteiger partial charge in [-0.25, -0.2) is 0 Å². The number of benzene rings is 1. The molecule has 2 aliphatic rings. The predicted molar refractivity (Wildman–Crippen MR) is 80.9 cm³/mol. The van der Waals surface area contributed by atoms with Gasteiger partial charge in [-0.15, -0.1) is 0 Å². The SMILES string of the molecule is CN(C(=O)Cc1ccc(Cl)cc1)C1CC2CCC(C1)N2. The first-order valence-corrected chi connectivity index (χ1v) is 7.76. The van der Waals surface area contributed by atoms with E-state index in [1.807, 2.05) is 36.2 Å². The van der Waals surface area contributed by atoms with Crippen LogP contribution in [0.25, 0.3) is 0 Å². The Morgan fingerprint density at radius 2 is 1.85 bits per heavy atom. The van der Waals surface area contributed by atoms with Crippen molar-refractivity contribution in [2.24, 2.45) is 0 Å². The van der Waals surface area contributed by atoms with Crippen LogP contribution < -0.4 is 5.32 Å². The Balaban J connectivity index is 1.60. The van der Waals surface area contributed by atoms with Crippen LogP contribution in [0.5, 0.6) is 0 Å². The van der Waals surface area contributed by atoms with Crippen molar-refractivity contribution in [3.63, 3.8) is 0 Å².